The van der Waals surface area contributed by atoms with Gasteiger partial charge in [0.25, 0.3) is 0 Å². The smallest absolute Gasteiger partial charge is 0.0991 e. The molecule has 2 aromatic carbocycles. The lowest BCUT2D eigenvalue weighted by atomic mass is 10.1. The van der Waals surface area contributed by atoms with Crippen LogP contribution in [0.4, 0.5) is 5.69 Å². The van der Waals surface area contributed by atoms with Gasteiger partial charge in [-0.2, -0.15) is 10.4 Å². The van der Waals surface area contributed by atoms with Crippen LogP contribution in [0.5, 0.6) is 0 Å². The summed E-state index contributed by atoms with van der Waals surface area (Å²) in [6.07, 6.45) is 1.81. The molecule has 3 aromatic rings. The Hall–Kier alpha value is -2.80. The van der Waals surface area contributed by atoms with Crippen LogP contribution < -0.4 is 5.73 Å². The SMILES string of the molecule is Cc1cc(C#N)ccc1-n1ncc2ccc(N)cc21. The highest BCUT2D eigenvalue weighted by Crippen LogP contribution is 2.23. The van der Waals surface area contributed by atoms with Gasteiger partial charge in [0.2, 0.25) is 0 Å². The van der Waals surface area contributed by atoms with Crippen LogP contribution in [0, 0.1) is 18.3 Å². The minimum Gasteiger partial charge on any atom is -0.399 e. The molecule has 4 nitrogen and oxygen atoms in total. The Morgan fingerprint density at radius 1 is 1.21 bits per heavy atom. The number of nitrogen functional groups attached to an aromatic ring is 1. The van der Waals surface area contributed by atoms with E-state index in [0.29, 0.717) is 11.3 Å². The number of nitriles is 1. The standard InChI is InChI=1S/C15H12N4/c1-10-6-11(8-16)2-5-14(10)19-15-7-13(17)4-3-12(15)9-18-19/h2-7,9H,17H2,1H3. The number of rotatable bonds is 1. The quantitative estimate of drug-likeness (QED) is 0.673. The van der Waals surface area contributed by atoms with Crippen molar-refractivity contribution in [1.82, 2.24) is 9.78 Å². The Kier molecular flexibility index (Phi) is 2.46. The van der Waals surface area contributed by atoms with E-state index in [4.69, 9.17) is 11.0 Å². The lowest BCUT2D eigenvalue weighted by Gasteiger charge is -2.08. The van der Waals surface area contributed by atoms with Crippen LogP contribution in [0.3, 0.4) is 0 Å². The normalized spacial score (nSPS) is 10.5. The largest absolute Gasteiger partial charge is 0.399 e. The molecule has 1 heterocycles. The number of nitrogens with two attached hydrogens (primary N) is 1. The molecule has 0 aliphatic heterocycles. The summed E-state index contributed by atoms with van der Waals surface area (Å²) in [6, 6.07) is 13.4. The molecule has 92 valence electrons. The minimum atomic E-state index is 0.650. The van der Waals surface area contributed by atoms with E-state index in [9.17, 15) is 0 Å². The molecule has 0 aliphatic rings. The fraction of sp³-hybridized carbons (Fsp3) is 0.0667. The Labute approximate surface area is 110 Å². The van der Waals surface area contributed by atoms with Crippen molar-refractivity contribution in [3.63, 3.8) is 0 Å². The van der Waals surface area contributed by atoms with E-state index in [1.54, 1.807) is 6.07 Å². The summed E-state index contributed by atoms with van der Waals surface area (Å²) in [5, 5.41) is 14.3. The molecule has 1 aromatic heterocycles. The van der Waals surface area contributed by atoms with Crippen LogP contribution in [0.25, 0.3) is 16.6 Å². The number of aromatic nitrogens is 2. The predicted molar refractivity (Wildman–Crippen MR) is 74.9 cm³/mol. The highest BCUT2D eigenvalue weighted by molar-refractivity contribution is 5.83. The van der Waals surface area contributed by atoms with Crippen LogP contribution in [-0.2, 0) is 0 Å². The van der Waals surface area contributed by atoms with Crippen molar-refractivity contribution >= 4 is 16.6 Å². The van der Waals surface area contributed by atoms with Crippen molar-refractivity contribution in [1.29, 1.82) is 5.26 Å². The Balaban J connectivity index is 2.25. The number of nitrogens with zero attached hydrogens (tertiary/aromatic N) is 3. The van der Waals surface area contributed by atoms with Gasteiger partial charge in [-0.05, 0) is 48.9 Å². The molecular formula is C15H12N4. The molecule has 4 heteroatoms. The molecule has 0 atom stereocenters. The number of hydrogen-bond acceptors (Lipinski definition) is 3. The number of aryl methyl sites for hydroxylation is 1. The Morgan fingerprint density at radius 2 is 2.05 bits per heavy atom. The van der Waals surface area contributed by atoms with Gasteiger partial charge >= 0.3 is 0 Å². The summed E-state index contributed by atoms with van der Waals surface area (Å²) in [5.41, 5.74) is 10.1. The Morgan fingerprint density at radius 3 is 2.79 bits per heavy atom. The summed E-state index contributed by atoms with van der Waals surface area (Å²) < 4.78 is 1.85. The number of fused-ring (bicyclic) bond motifs is 1. The Bertz CT molecular complexity index is 809. The average molecular weight is 248 g/mol. The molecule has 0 saturated carbocycles. The summed E-state index contributed by atoms with van der Waals surface area (Å²) >= 11 is 0. The maximum absolute atomic E-state index is 8.90. The average Bonchev–Trinajstić information content (AvgIpc) is 2.81. The third-order valence-electron chi connectivity index (χ3n) is 3.15. The summed E-state index contributed by atoms with van der Waals surface area (Å²) in [6.45, 7) is 1.97. The van der Waals surface area contributed by atoms with Crippen molar-refractivity contribution in [2.24, 2.45) is 0 Å². The fourth-order valence-electron chi connectivity index (χ4n) is 2.19. The lowest BCUT2D eigenvalue weighted by Crippen LogP contribution is -1.99. The maximum atomic E-state index is 8.90. The molecule has 19 heavy (non-hydrogen) atoms. The molecule has 3 rings (SSSR count). The molecule has 0 radical (unpaired) electrons. The molecular weight excluding hydrogens is 236 g/mol. The van der Waals surface area contributed by atoms with Gasteiger partial charge in [-0.1, -0.05) is 0 Å². The van der Waals surface area contributed by atoms with Gasteiger partial charge in [-0.3, -0.25) is 0 Å². The maximum Gasteiger partial charge on any atom is 0.0991 e. The van der Waals surface area contributed by atoms with E-state index < -0.39 is 0 Å². The number of hydrogen-bond donors (Lipinski definition) is 1. The minimum absolute atomic E-state index is 0.650. The van der Waals surface area contributed by atoms with Crippen molar-refractivity contribution in [2.75, 3.05) is 5.73 Å². The first-order valence-electron chi connectivity index (χ1n) is 5.93. The van der Waals surface area contributed by atoms with Crippen LogP contribution in [0.1, 0.15) is 11.1 Å². The third kappa shape index (κ3) is 1.81. The highest BCUT2D eigenvalue weighted by Gasteiger charge is 2.08. The number of benzene rings is 2. The van der Waals surface area contributed by atoms with Crippen LogP contribution in [-0.4, -0.2) is 9.78 Å². The number of anilines is 1. The van der Waals surface area contributed by atoms with Gasteiger partial charge in [0.15, 0.2) is 0 Å². The summed E-state index contributed by atoms with van der Waals surface area (Å²) in [5.74, 6) is 0. The van der Waals surface area contributed by atoms with Gasteiger partial charge in [-0.15, -0.1) is 0 Å². The van der Waals surface area contributed by atoms with E-state index in [1.165, 1.54) is 0 Å². The van der Waals surface area contributed by atoms with Gasteiger partial charge in [0, 0.05) is 11.1 Å². The van der Waals surface area contributed by atoms with Gasteiger partial charge in [-0.25, -0.2) is 4.68 Å². The first kappa shape index (κ1) is 11.3. The van der Waals surface area contributed by atoms with Crippen LogP contribution in [0.2, 0.25) is 0 Å². The summed E-state index contributed by atoms with van der Waals surface area (Å²) in [7, 11) is 0. The zero-order chi connectivity index (χ0) is 13.4. The van der Waals surface area contributed by atoms with E-state index >= 15 is 0 Å². The van der Waals surface area contributed by atoms with Crippen molar-refractivity contribution in [3.05, 3.63) is 53.7 Å². The first-order valence-corrected chi connectivity index (χ1v) is 5.93. The molecule has 0 spiro atoms. The van der Waals surface area contributed by atoms with E-state index in [0.717, 1.165) is 22.2 Å². The second-order valence-corrected chi connectivity index (χ2v) is 4.49. The highest BCUT2D eigenvalue weighted by atomic mass is 15.3. The molecule has 0 fully saturated rings. The molecule has 0 bridgehead atoms. The van der Waals surface area contributed by atoms with E-state index in [-0.39, 0.29) is 0 Å². The molecule has 0 saturated heterocycles. The molecule has 2 N–H and O–H groups in total. The van der Waals surface area contributed by atoms with Crippen molar-refractivity contribution < 1.29 is 0 Å². The van der Waals surface area contributed by atoms with E-state index in [1.807, 2.05) is 48.1 Å². The molecule has 0 aliphatic carbocycles. The second kappa shape index (κ2) is 4.14. The first-order chi connectivity index (χ1) is 9.19. The van der Waals surface area contributed by atoms with Crippen LogP contribution >= 0.6 is 0 Å². The molecule has 0 unspecified atom stereocenters. The van der Waals surface area contributed by atoms with Crippen molar-refractivity contribution in [3.8, 4) is 11.8 Å². The topological polar surface area (TPSA) is 67.6 Å². The fourth-order valence-corrected chi connectivity index (χ4v) is 2.19. The second-order valence-electron chi connectivity index (χ2n) is 4.49. The summed E-state index contributed by atoms with van der Waals surface area (Å²) in [4.78, 5) is 0. The zero-order valence-electron chi connectivity index (χ0n) is 10.5. The molecule has 0 amide bonds. The van der Waals surface area contributed by atoms with Gasteiger partial charge < -0.3 is 5.73 Å². The zero-order valence-corrected chi connectivity index (χ0v) is 10.5. The lowest BCUT2D eigenvalue weighted by molar-refractivity contribution is 0.902. The van der Waals surface area contributed by atoms with E-state index in [2.05, 4.69) is 11.2 Å². The van der Waals surface area contributed by atoms with Crippen LogP contribution in [0.15, 0.2) is 42.6 Å². The monoisotopic (exact) mass is 248 g/mol. The predicted octanol–water partition coefficient (Wildman–Crippen LogP) is 2.79. The van der Waals surface area contributed by atoms with Crippen molar-refractivity contribution in [2.45, 2.75) is 6.92 Å². The van der Waals surface area contributed by atoms with Gasteiger partial charge in [0.05, 0.1) is 29.0 Å². The third-order valence-corrected chi connectivity index (χ3v) is 3.15. The van der Waals surface area contributed by atoms with Gasteiger partial charge in [0.1, 0.15) is 0 Å².